The average Bonchev–Trinajstić information content (AvgIpc) is 2.68. The van der Waals surface area contributed by atoms with Crippen molar-refractivity contribution in [2.45, 2.75) is 31.2 Å². The van der Waals surface area contributed by atoms with Crippen molar-refractivity contribution in [2.24, 2.45) is 0 Å². The summed E-state index contributed by atoms with van der Waals surface area (Å²) in [6.45, 7) is 3.81. The van der Waals surface area contributed by atoms with Gasteiger partial charge in [-0.3, -0.25) is 19.2 Å². The average molecular weight is 496 g/mol. The van der Waals surface area contributed by atoms with E-state index in [4.69, 9.17) is 12.2 Å². The molecule has 1 unspecified atom stereocenters. The van der Waals surface area contributed by atoms with Crippen molar-refractivity contribution in [1.82, 2.24) is 10.2 Å². The number of nitrogens with one attached hydrogen (secondary N) is 2. The van der Waals surface area contributed by atoms with Gasteiger partial charge in [0, 0.05) is 16.0 Å². The Labute approximate surface area is 195 Å². The number of carbonyl (C=O) groups excluding carboxylic acids is 2. The molecule has 1 aliphatic heterocycles. The van der Waals surface area contributed by atoms with Crippen LogP contribution >= 0.6 is 24.0 Å². The highest BCUT2D eigenvalue weighted by Gasteiger charge is 2.46. The van der Waals surface area contributed by atoms with Crippen LogP contribution in [-0.4, -0.2) is 46.5 Å². The molecule has 0 aliphatic carbocycles. The molecule has 170 valence electrons. The van der Waals surface area contributed by atoms with Gasteiger partial charge in [-0.1, -0.05) is 36.1 Å². The normalized spacial score (nSPS) is 18.4. The lowest BCUT2D eigenvalue weighted by atomic mass is 10.00. The van der Waals surface area contributed by atoms with Crippen LogP contribution in [0.25, 0.3) is 0 Å². The summed E-state index contributed by atoms with van der Waals surface area (Å²) in [5, 5.41) is 2.78. The van der Waals surface area contributed by atoms with Crippen molar-refractivity contribution in [3.63, 3.8) is 0 Å². The van der Waals surface area contributed by atoms with E-state index in [1.807, 2.05) is 13.8 Å². The van der Waals surface area contributed by atoms with Crippen molar-refractivity contribution in [1.29, 1.82) is 0 Å². The maximum Gasteiger partial charge on any atom is 0.252 e. The first kappa shape index (κ1) is 24.1. The number of anilines is 1. The summed E-state index contributed by atoms with van der Waals surface area (Å²) in [6.07, 6.45) is 1.03. The molecule has 1 aliphatic rings. The molecule has 1 saturated heterocycles. The molecular formula is C21H22FN3O4S3. The van der Waals surface area contributed by atoms with Gasteiger partial charge in [0.05, 0.1) is 12.8 Å². The largest absolute Gasteiger partial charge is 0.339 e. The van der Waals surface area contributed by atoms with E-state index in [-0.39, 0.29) is 23.8 Å². The fourth-order valence-corrected chi connectivity index (χ4v) is 5.51. The van der Waals surface area contributed by atoms with Gasteiger partial charge < -0.3 is 5.32 Å². The number of thioether (sulfide) groups is 1. The predicted octanol–water partition coefficient (Wildman–Crippen LogP) is 3.13. The molecule has 0 spiro atoms. The quantitative estimate of drug-likeness (QED) is 0.598. The van der Waals surface area contributed by atoms with Crippen LogP contribution in [0, 0.1) is 5.82 Å². The maximum absolute atomic E-state index is 13.3. The molecule has 2 N–H and O–H groups in total. The van der Waals surface area contributed by atoms with Gasteiger partial charge in [-0.25, -0.2) is 12.8 Å². The first-order valence-corrected chi connectivity index (χ1v) is 12.6. The van der Waals surface area contributed by atoms with Crippen LogP contribution in [0.15, 0.2) is 48.5 Å². The summed E-state index contributed by atoms with van der Waals surface area (Å²) < 4.78 is 37.9. The number of carbonyl (C=O) groups is 2. The Balaban J connectivity index is 1.77. The SMILES string of the molecule is CC1(C)SC(=S)N(Cc2ccc(F)cc2)C(=O)C1NC(=O)c1ccc(NS(C)(=O)=O)cc1. The van der Waals surface area contributed by atoms with Gasteiger partial charge in [-0.15, -0.1) is 0 Å². The summed E-state index contributed by atoms with van der Waals surface area (Å²) in [5.74, 6) is -1.20. The third-order valence-corrected chi connectivity index (χ3v) is 6.99. The van der Waals surface area contributed by atoms with Gasteiger partial charge in [0.2, 0.25) is 10.0 Å². The summed E-state index contributed by atoms with van der Waals surface area (Å²) >= 11 is 6.72. The Morgan fingerprint density at radius 2 is 1.75 bits per heavy atom. The van der Waals surface area contributed by atoms with Crippen molar-refractivity contribution in [3.8, 4) is 0 Å². The van der Waals surface area contributed by atoms with Crippen LogP contribution in [0.1, 0.15) is 29.8 Å². The number of nitrogens with zero attached hydrogens (tertiary/aromatic N) is 1. The van der Waals surface area contributed by atoms with Crippen LogP contribution in [0.2, 0.25) is 0 Å². The molecule has 1 heterocycles. The molecule has 2 aromatic rings. The predicted molar refractivity (Wildman–Crippen MR) is 127 cm³/mol. The minimum Gasteiger partial charge on any atom is -0.339 e. The van der Waals surface area contributed by atoms with Crippen molar-refractivity contribution < 1.29 is 22.4 Å². The Morgan fingerprint density at radius 3 is 2.31 bits per heavy atom. The molecule has 1 fully saturated rings. The third-order valence-electron chi connectivity index (χ3n) is 4.76. The van der Waals surface area contributed by atoms with Crippen molar-refractivity contribution in [3.05, 3.63) is 65.5 Å². The fourth-order valence-electron chi connectivity index (χ4n) is 3.15. The molecule has 0 bridgehead atoms. The fraction of sp³-hybridized carbons (Fsp3) is 0.286. The van der Waals surface area contributed by atoms with E-state index in [1.165, 1.54) is 53.1 Å². The number of benzene rings is 2. The van der Waals surface area contributed by atoms with Gasteiger partial charge in [-0.05, 0) is 55.8 Å². The Hall–Kier alpha value is -2.50. The third kappa shape index (κ3) is 5.84. The van der Waals surface area contributed by atoms with Crippen LogP contribution in [-0.2, 0) is 21.4 Å². The first-order chi connectivity index (χ1) is 14.9. The van der Waals surface area contributed by atoms with Crippen LogP contribution in [0.3, 0.4) is 0 Å². The molecule has 32 heavy (non-hydrogen) atoms. The second-order valence-corrected chi connectivity index (χ2v) is 11.9. The van der Waals surface area contributed by atoms with Crippen LogP contribution in [0.5, 0.6) is 0 Å². The monoisotopic (exact) mass is 495 g/mol. The smallest absolute Gasteiger partial charge is 0.252 e. The van der Waals surface area contributed by atoms with Gasteiger partial charge in [0.25, 0.3) is 11.8 Å². The zero-order valence-corrected chi connectivity index (χ0v) is 20.0. The molecule has 7 nitrogen and oxygen atoms in total. The van der Waals surface area contributed by atoms with E-state index in [0.29, 0.717) is 15.6 Å². The number of rotatable bonds is 6. The lowest BCUT2D eigenvalue weighted by Crippen LogP contribution is -2.62. The second-order valence-electron chi connectivity index (χ2n) is 7.88. The van der Waals surface area contributed by atoms with Crippen LogP contribution < -0.4 is 10.0 Å². The number of halogens is 1. The summed E-state index contributed by atoms with van der Waals surface area (Å²) in [5.41, 5.74) is 1.31. The van der Waals surface area contributed by atoms with E-state index in [0.717, 1.165) is 6.26 Å². The topological polar surface area (TPSA) is 95.6 Å². The van der Waals surface area contributed by atoms with Gasteiger partial charge in [0.15, 0.2) is 0 Å². The van der Waals surface area contributed by atoms with Crippen molar-refractivity contribution in [2.75, 3.05) is 11.0 Å². The van der Waals surface area contributed by atoms with Gasteiger partial charge in [-0.2, -0.15) is 0 Å². The van der Waals surface area contributed by atoms with E-state index in [9.17, 15) is 22.4 Å². The highest BCUT2D eigenvalue weighted by molar-refractivity contribution is 8.24. The summed E-state index contributed by atoms with van der Waals surface area (Å²) in [4.78, 5) is 27.5. The molecule has 2 amide bonds. The highest BCUT2D eigenvalue weighted by atomic mass is 32.2. The lowest BCUT2D eigenvalue weighted by molar-refractivity contribution is -0.130. The Bertz CT molecular complexity index is 1150. The molecule has 1 atom stereocenters. The van der Waals surface area contributed by atoms with E-state index in [2.05, 4.69) is 10.0 Å². The molecule has 2 aromatic carbocycles. The van der Waals surface area contributed by atoms with Gasteiger partial charge >= 0.3 is 0 Å². The highest BCUT2D eigenvalue weighted by Crippen LogP contribution is 2.37. The zero-order chi connectivity index (χ0) is 23.7. The number of hydrogen-bond acceptors (Lipinski definition) is 6. The van der Waals surface area contributed by atoms with Gasteiger partial charge in [0.1, 0.15) is 16.2 Å². The zero-order valence-electron chi connectivity index (χ0n) is 17.6. The summed E-state index contributed by atoms with van der Waals surface area (Å²) in [7, 11) is -3.43. The van der Waals surface area contributed by atoms with E-state index in [1.54, 1.807) is 12.1 Å². The molecule has 0 aromatic heterocycles. The lowest BCUT2D eigenvalue weighted by Gasteiger charge is -2.42. The second kappa shape index (κ2) is 9.16. The molecule has 0 radical (unpaired) electrons. The number of sulfonamides is 1. The van der Waals surface area contributed by atoms with E-state index >= 15 is 0 Å². The standard InChI is InChI=1S/C21H22FN3O4S3/c1-21(2)17(23-18(26)14-6-10-16(11-7-14)24-32(3,28)29)19(27)25(20(30)31-21)12-13-4-8-15(22)9-5-13/h4-11,17,24H,12H2,1-3H3,(H,23,26). The Morgan fingerprint density at radius 1 is 1.16 bits per heavy atom. The number of hydrogen-bond donors (Lipinski definition) is 2. The van der Waals surface area contributed by atoms with Crippen molar-refractivity contribution >= 4 is 55.8 Å². The van der Waals surface area contributed by atoms with E-state index < -0.39 is 26.7 Å². The van der Waals surface area contributed by atoms with Crippen LogP contribution in [0.4, 0.5) is 10.1 Å². The summed E-state index contributed by atoms with van der Waals surface area (Å²) in [6, 6.07) is 10.8. The number of amides is 2. The number of thiocarbonyl (C=S) groups is 1. The minimum absolute atomic E-state index is 0.166. The minimum atomic E-state index is -3.43. The first-order valence-electron chi connectivity index (χ1n) is 9.53. The molecule has 0 saturated carbocycles. The Kier molecular flexibility index (Phi) is 6.91. The molecule has 11 heteroatoms. The maximum atomic E-state index is 13.3. The molecule has 3 rings (SSSR count). The molecular weight excluding hydrogens is 473 g/mol.